The van der Waals surface area contributed by atoms with Gasteiger partial charge in [-0.1, -0.05) is 0 Å². The number of carboxylic acids is 1. The highest BCUT2D eigenvalue weighted by Gasteiger charge is 2.11. The van der Waals surface area contributed by atoms with Crippen molar-refractivity contribution < 1.29 is 19.8 Å². The smallest absolute Gasteiger partial charge is 0.339 e. The fraction of sp³-hybridized carbons (Fsp3) is 0.200. The van der Waals surface area contributed by atoms with Crippen LogP contribution in [0.15, 0.2) is 18.2 Å². The Hall–Kier alpha value is -2.28. The number of phenols is 1. The Labute approximate surface area is 97.6 Å². The summed E-state index contributed by atoms with van der Waals surface area (Å²) in [6.45, 7) is 0. The van der Waals surface area contributed by atoms with Gasteiger partial charge in [-0.2, -0.15) is 0 Å². The first-order valence-corrected chi connectivity index (χ1v) is 4.71. The summed E-state index contributed by atoms with van der Waals surface area (Å²) in [7, 11) is 3.28. The molecule has 0 unspecified atom stereocenters. The number of nitrogens with one attached hydrogen (secondary N) is 2. The minimum absolute atomic E-state index is 0.271. The van der Waals surface area contributed by atoms with Crippen molar-refractivity contribution in [3.63, 3.8) is 0 Å². The molecule has 4 N–H and O–H groups in total. The van der Waals surface area contributed by atoms with Crippen molar-refractivity contribution in [2.75, 3.05) is 19.4 Å². The van der Waals surface area contributed by atoms with Crippen molar-refractivity contribution in [1.82, 2.24) is 10.4 Å². The number of amides is 2. The number of hydrazine groups is 1. The Morgan fingerprint density at radius 1 is 1.29 bits per heavy atom. The van der Waals surface area contributed by atoms with Crippen LogP contribution in [-0.4, -0.2) is 41.3 Å². The van der Waals surface area contributed by atoms with E-state index < -0.39 is 12.0 Å². The molecule has 0 bridgehead atoms. The maximum atomic E-state index is 11.3. The second-order valence-electron chi connectivity index (χ2n) is 3.50. The molecule has 0 radical (unpaired) electrons. The summed E-state index contributed by atoms with van der Waals surface area (Å²) in [6, 6.07) is 3.27. The van der Waals surface area contributed by atoms with Gasteiger partial charge in [0.15, 0.2) is 0 Å². The minimum atomic E-state index is -1.26. The van der Waals surface area contributed by atoms with Crippen molar-refractivity contribution in [2.45, 2.75) is 0 Å². The zero-order chi connectivity index (χ0) is 13.0. The molecule has 0 spiro atoms. The average Bonchev–Trinajstić information content (AvgIpc) is 2.19. The van der Waals surface area contributed by atoms with Crippen LogP contribution in [0.3, 0.4) is 0 Å². The predicted molar refractivity (Wildman–Crippen MR) is 60.9 cm³/mol. The van der Waals surface area contributed by atoms with Crippen LogP contribution < -0.4 is 10.7 Å². The molecule has 0 aromatic heterocycles. The molecule has 0 aliphatic carbocycles. The van der Waals surface area contributed by atoms with Gasteiger partial charge in [0.2, 0.25) is 0 Å². The first-order chi connectivity index (χ1) is 7.90. The molecule has 0 saturated carbocycles. The van der Waals surface area contributed by atoms with Crippen LogP contribution in [0.25, 0.3) is 0 Å². The van der Waals surface area contributed by atoms with Crippen LogP contribution in [0.4, 0.5) is 10.5 Å². The quantitative estimate of drug-likeness (QED) is 0.459. The van der Waals surface area contributed by atoms with Crippen molar-refractivity contribution in [2.24, 2.45) is 0 Å². The van der Waals surface area contributed by atoms with Crippen molar-refractivity contribution in [3.05, 3.63) is 23.8 Å². The zero-order valence-corrected chi connectivity index (χ0v) is 9.39. The molecule has 0 aliphatic heterocycles. The number of aromatic carboxylic acids is 1. The first-order valence-electron chi connectivity index (χ1n) is 4.71. The summed E-state index contributed by atoms with van der Waals surface area (Å²) in [5, 5.41) is 21.9. The van der Waals surface area contributed by atoms with Crippen LogP contribution in [0.2, 0.25) is 0 Å². The lowest BCUT2D eigenvalue weighted by Crippen LogP contribution is -2.39. The highest BCUT2D eigenvalue weighted by atomic mass is 16.4. The van der Waals surface area contributed by atoms with E-state index in [1.807, 2.05) is 0 Å². The number of carbonyl (C=O) groups is 2. The number of benzene rings is 1. The summed E-state index contributed by atoms with van der Waals surface area (Å²) < 4.78 is 0. The fourth-order valence-electron chi connectivity index (χ4n) is 1.15. The number of hydrogen-bond acceptors (Lipinski definition) is 4. The first kappa shape index (κ1) is 12.8. The van der Waals surface area contributed by atoms with Gasteiger partial charge in [-0.25, -0.2) is 14.6 Å². The number of anilines is 1. The Morgan fingerprint density at radius 3 is 2.47 bits per heavy atom. The molecule has 92 valence electrons. The van der Waals surface area contributed by atoms with Gasteiger partial charge in [0.25, 0.3) is 0 Å². The molecule has 1 rings (SSSR count). The Bertz CT molecular complexity index is 445. The maximum absolute atomic E-state index is 11.3. The summed E-state index contributed by atoms with van der Waals surface area (Å²) in [6.07, 6.45) is 0. The van der Waals surface area contributed by atoms with E-state index in [9.17, 15) is 14.7 Å². The summed E-state index contributed by atoms with van der Waals surface area (Å²) in [5.74, 6) is -1.62. The highest BCUT2D eigenvalue weighted by Crippen LogP contribution is 2.21. The number of aromatic hydroxyl groups is 1. The van der Waals surface area contributed by atoms with E-state index in [1.54, 1.807) is 14.1 Å². The Morgan fingerprint density at radius 2 is 1.94 bits per heavy atom. The molecular weight excluding hydrogens is 226 g/mol. The third-order valence-electron chi connectivity index (χ3n) is 1.81. The molecule has 2 amide bonds. The van der Waals surface area contributed by atoms with E-state index in [0.717, 1.165) is 0 Å². The van der Waals surface area contributed by atoms with E-state index in [4.69, 9.17) is 5.11 Å². The third-order valence-corrected chi connectivity index (χ3v) is 1.81. The van der Waals surface area contributed by atoms with E-state index in [0.29, 0.717) is 0 Å². The van der Waals surface area contributed by atoms with Crippen LogP contribution in [0.5, 0.6) is 5.75 Å². The van der Waals surface area contributed by atoms with Gasteiger partial charge in [-0.15, -0.1) is 0 Å². The lowest BCUT2D eigenvalue weighted by Gasteiger charge is -2.13. The lowest BCUT2D eigenvalue weighted by molar-refractivity contribution is 0.0693. The molecule has 17 heavy (non-hydrogen) atoms. The van der Waals surface area contributed by atoms with E-state index >= 15 is 0 Å². The number of urea groups is 1. The van der Waals surface area contributed by atoms with E-state index in [1.165, 1.54) is 23.2 Å². The largest absolute Gasteiger partial charge is 0.507 e. The van der Waals surface area contributed by atoms with Gasteiger partial charge in [0.1, 0.15) is 11.3 Å². The molecule has 0 heterocycles. The lowest BCUT2D eigenvalue weighted by atomic mass is 10.2. The fourth-order valence-corrected chi connectivity index (χ4v) is 1.15. The number of carboxylic acid groups (broad SMARTS) is 1. The van der Waals surface area contributed by atoms with Gasteiger partial charge in [-0.05, 0) is 18.2 Å². The van der Waals surface area contributed by atoms with Gasteiger partial charge < -0.3 is 15.5 Å². The summed E-state index contributed by atoms with van der Waals surface area (Å²) >= 11 is 0. The number of rotatable bonds is 3. The van der Waals surface area contributed by atoms with Gasteiger partial charge in [-0.3, -0.25) is 5.43 Å². The van der Waals surface area contributed by atoms with E-state index in [-0.39, 0.29) is 17.0 Å². The van der Waals surface area contributed by atoms with Gasteiger partial charge in [0.05, 0.1) is 0 Å². The number of carbonyl (C=O) groups excluding carboxylic acids is 1. The Balaban J connectivity index is 2.82. The molecule has 1 aromatic carbocycles. The SMILES string of the molecule is CN(C)NC(=O)Nc1ccc(O)c(C(=O)O)c1. The number of nitrogens with zero attached hydrogens (tertiary/aromatic N) is 1. The number of hydrogen-bond donors (Lipinski definition) is 4. The highest BCUT2D eigenvalue weighted by molar-refractivity contribution is 5.94. The van der Waals surface area contributed by atoms with Gasteiger partial charge >= 0.3 is 12.0 Å². The molecular formula is C10H13N3O4. The predicted octanol–water partition coefficient (Wildman–Crippen LogP) is 0.689. The molecule has 7 nitrogen and oxygen atoms in total. The minimum Gasteiger partial charge on any atom is -0.507 e. The molecule has 1 aromatic rings. The van der Waals surface area contributed by atoms with Crippen LogP contribution in [-0.2, 0) is 0 Å². The van der Waals surface area contributed by atoms with Crippen LogP contribution in [0, 0.1) is 0 Å². The topological polar surface area (TPSA) is 102 Å². The van der Waals surface area contributed by atoms with Crippen molar-refractivity contribution >= 4 is 17.7 Å². The monoisotopic (exact) mass is 239 g/mol. The van der Waals surface area contributed by atoms with Crippen molar-refractivity contribution in [3.8, 4) is 5.75 Å². The second-order valence-corrected chi connectivity index (χ2v) is 3.50. The normalized spacial score (nSPS) is 10.1. The van der Waals surface area contributed by atoms with Crippen LogP contribution in [0.1, 0.15) is 10.4 Å². The zero-order valence-electron chi connectivity index (χ0n) is 9.39. The molecule has 0 aliphatic rings. The summed E-state index contributed by atoms with van der Waals surface area (Å²) in [4.78, 5) is 22.1. The average molecular weight is 239 g/mol. The van der Waals surface area contributed by atoms with Crippen molar-refractivity contribution in [1.29, 1.82) is 0 Å². The molecule has 7 heteroatoms. The maximum Gasteiger partial charge on any atom is 0.339 e. The molecule has 0 fully saturated rings. The summed E-state index contributed by atoms with van der Waals surface area (Å²) in [5.41, 5.74) is 2.43. The Kier molecular flexibility index (Phi) is 3.89. The molecule has 0 atom stereocenters. The van der Waals surface area contributed by atoms with E-state index in [2.05, 4.69) is 10.7 Å². The third kappa shape index (κ3) is 3.65. The standard InChI is InChI=1S/C10H13N3O4/c1-13(2)12-10(17)11-6-3-4-8(14)7(5-6)9(15)16/h3-5,14H,1-2H3,(H,15,16)(H2,11,12,17). The molecule has 0 saturated heterocycles. The second kappa shape index (κ2) is 5.17. The van der Waals surface area contributed by atoms with Crippen LogP contribution >= 0.6 is 0 Å². The van der Waals surface area contributed by atoms with Gasteiger partial charge in [0, 0.05) is 19.8 Å².